The Kier molecular flexibility index (Phi) is 7.21. The Hall–Kier alpha value is -2.82. The van der Waals surface area contributed by atoms with E-state index in [0.717, 1.165) is 22.4 Å². The highest BCUT2D eigenvalue weighted by molar-refractivity contribution is 5.78. The van der Waals surface area contributed by atoms with Crippen LogP contribution in [0.4, 0.5) is 0 Å². The quantitative estimate of drug-likeness (QED) is 0.682. The molecule has 0 radical (unpaired) electrons. The van der Waals surface area contributed by atoms with Crippen molar-refractivity contribution in [1.82, 2.24) is 4.90 Å². The Labute approximate surface area is 154 Å². The first kappa shape index (κ1) is 19.5. The molecular formula is C21H25NO4. The molecule has 0 aliphatic carbocycles. The Bertz CT molecular complexity index is 723. The number of nitrogens with zero attached hydrogens (tertiary/aromatic N) is 1. The van der Waals surface area contributed by atoms with Crippen molar-refractivity contribution in [2.45, 2.75) is 26.8 Å². The average Bonchev–Trinajstić information content (AvgIpc) is 2.65. The lowest BCUT2D eigenvalue weighted by atomic mass is 10.1. The third kappa shape index (κ3) is 5.62. The van der Waals surface area contributed by atoms with Gasteiger partial charge in [0.1, 0.15) is 5.75 Å². The zero-order chi connectivity index (χ0) is 18.9. The minimum Gasteiger partial charge on any atom is -0.483 e. The second-order valence-electron chi connectivity index (χ2n) is 6.14. The Balaban J connectivity index is 2.05. The van der Waals surface area contributed by atoms with Crippen LogP contribution in [-0.4, -0.2) is 37.0 Å². The monoisotopic (exact) mass is 355 g/mol. The minimum absolute atomic E-state index is 0.0697. The fourth-order valence-electron chi connectivity index (χ4n) is 2.68. The second kappa shape index (κ2) is 9.61. The van der Waals surface area contributed by atoms with Gasteiger partial charge in [0.05, 0.1) is 13.5 Å². The van der Waals surface area contributed by atoms with Gasteiger partial charge in [-0.15, -0.1) is 0 Å². The molecule has 0 unspecified atom stereocenters. The highest BCUT2D eigenvalue weighted by atomic mass is 16.5. The molecule has 2 aromatic rings. The van der Waals surface area contributed by atoms with E-state index in [0.29, 0.717) is 6.54 Å². The van der Waals surface area contributed by atoms with Crippen molar-refractivity contribution < 1.29 is 19.1 Å². The van der Waals surface area contributed by atoms with Crippen LogP contribution in [0.2, 0.25) is 0 Å². The van der Waals surface area contributed by atoms with Gasteiger partial charge in [0.2, 0.25) is 0 Å². The number of ether oxygens (including phenoxy) is 2. The smallest absolute Gasteiger partial charge is 0.307 e. The number of rotatable bonds is 8. The number of aryl methyl sites for hydroxylation is 2. The van der Waals surface area contributed by atoms with Gasteiger partial charge in [-0.1, -0.05) is 48.5 Å². The SMILES string of the molecule is COC(=O)CCN(Cc1ccccc1)C(=O)COc1c(C)cccc1C. The highest BCUT2D eigenvalue weighted by Gasteiger charge is 2.17. The minimum atomic E-state index is -0.341. The maximum absolute atomic E-state index is 12.7. The molecule has 2 rings (SSSR count). The van der Waals surface area contributed by atoms with Gasteiger partial charge in [0.25, 0.3) is 5.91 Å². The molecule has 0 aliphatic rings. The van der Waals surface area contributed by atoms with E-state index in [-0.39, 0.29) is 31.4 Å². The molecule has 138 valence electrons. The molecule has 0 aromatic heterocycles. The standard InChI is InChI=1S/C21H25NO4/c1-16-8-7-9-17(2)21(16)26-15-19(23)22(13-12-20(24)25-3)14-18-10-5-4-6-11-18/h4-11H,12-15H2,1-3H3. The molecule has 0 aliphatic heterocycles. The summed E-state index contributed by atoms with van der Waals surface area (Å²) in [5.74, 6) is 0.223. The van der Waals surface area contributed by atoms with Crippen molar-refractivity contribution in [3.63, 3.8) is 0 Å². The lowest BCUT2D eigenvalue weighted by molar-refractivity contribution is -0.142. The van der Waals surface area contributed by atoms with Gasteiger partial charge in [0, 0.05) is 13.1 Å². The van der Waals surface area contributed by atoms with Crippen molar-refractivity contribution in [2.24, 2.45) is 0 Å². The largest absolute Gasteiger partial charge is 0.483 e. The summed E-state index contributed by atoms with van der Waals surface area (Å²) in [7, 11) is 1.34. The number of amides is 1. The number of carbonyl (C=O) groups is 2. The number of carbonyl (C=O) groups excluding carboxylic acids is 2. The third-order valence-corrected chi connectivity index (χ3v) is 4.13. The van der Waals surface area contributed by atoms with E-state index < -0.39 is 0 Å². The van der Waals surface area contributed by atoms with E-state index in [1.165, 1.54) is 7.11 Å². The topological polar surface area (TPSA) is 55.8 Å². The van der Waals surface area contributed by atoms with Crippen LogP contribution >= 0.6 is 0 Å². The molecule has 0 spiro atoms. The van der Waals surface area contributed by atoms with Crippen LogP contribution in [0.3, 0.4) is 0 Å². The fraction of sp³-hybridized carbons (Fsp3) is 0.333. The normalized spacial score (nSPS) is 10.3. The van der Waals surface area contributed by atoms with E-state index >= 15 is 0 Å². The Morgan fingerprint density at radius 3 is 2.23 bits per heavy atom. The number of esters is 1. The van der Waals surface area contributed by atoms with E-state index in [1.807, 2.05) is 62.4 Å². The first-order valence-electron chi connectivity index (χ1n) is 8.58. The van der Waals surface area contributed by atoms with Crippen molar-refractivity contribution in [1.29, 1.82) is 0 Å². The summed E-state index contributed by atoms with van der Waals surface area (Å²) in [6.45, 7) is 4.54. The molecule has 5 nitrogen and oxygen atoms in total. The lowest BCUT2D eigenvalue weighted by Crippen LogP contribution is -2.36. The number of methoxy groups -OCH3 is 1. The molecule has 0 heterocycles. The summed E-state index contributed by atoms with van der Waals surface area (Å²) in [5, 5.41) is 0. The van der Waals surface area contributed by atoms with Crippen LogP contribution in [0.1, 0.15) is 23.1 Å². The summed E-state index contributed by atoms with van der Waals surface area (Å²) in [4.78, 5) is 25.8. The Morgan fingerprint density at radius 2 is 1.62 bits per heavy atom. The van der Waals surface area contributed by atoms with Gasteiger partial charge >= 0.3 is 5.97 Å². The van der Waals surface area contributed by atoms with Crippen molar-refractivity contribution >= 4 is 11.9 Å². The Morgan fingerprint density at radius 1 is 0.962 bits per heavy atom. The molecular weight excluding hydrogens is 330 g/mol. The number of hydrogen-bond donors (Lipinski definition) is 0. The first-order chi connectivity index (χ1) is 12.5. The van der Waals surface area contributed by atoms with Gasteiger partial charge in [-0.05, 0) is 30.5 Å². The molecule has 1 amide bonds. The van der Waals surface area contributed by atoms with Gasteiger partial charge in [-0.2, -0.15) is 0 Å². The van der Waals surface area contributed by atoms with Crippen molar-refractivity contribution in [3.05, 3.63) is 65.2 Å². The summed E-state index contributed by atoms with van der Waals surface area (Å²) < 4.78 is 10.5. The first-order valence-corrected chi connectivity index (χ1v) is 8.58. The van der Waals surface area contributed by atoms with Crippen molar-refractivity contribution in [3.8, 4) is 5.75 Å². The van der Waals surface area contributed by atoms with Crippen LogP contribution in [0.5, 0.6) is 5.75 Å². The van der Waals surface area contributed by atoms with E-state index in [9.17, 15) is 9.59 Å². The molecule has 0 atom stereocenters. The molecule has 0 fully saturated rings. The highest BCUT2D eigenvalue weighted by Crippen LogP contribution is 2.22. The predicted octanol–water partition coefficient (Wildman–Crippen LogP) is 3.27. The van der Waals surface area contributed by atoms with Gasteiger partial charge < -0.3 is 14.4 Å². The number of hydrogen-bond acceptors (Lipinski definition) is 4. The molecule has 5 heteroatoms. The maximum Gasteiger partial charge on any atom is 0.307 e. The predicted molar refractivity (Wildman–Crippen MR) is 99.9 cm³/mol. The zero-order valence-corrected chi connectivity index (χ0v) is 15.5. The van der Waals surface area contributed by atoms with Crippen LogP contribution < -0.4 is 4.74 Å². The molecule has 0 saturated heterocycles. The molecule has 0 saturated carbocycles. The van der Waals surface area contributed by atoms with E-state index in [2.05, 4.69) is 4.74 Å². The lowest BCUT2D eigenvalue weighted by Gasteiger charge is -2.23. The van der Waals surface area contributed by atoms with Crippen molar-refractivity contribution in [2.75, 3.05) is 20.3 Å². The fourth-order valence-corrected chi connectivity index (χ4v) is 2.68. The van der Waals surface area contributed by atoms with Gasteiger partial charge in [-0.3, -0.25) is 9.59 Å². The number of para-hydroxylation sites is 1. The number of benzene rings is 2. The van der Waals surface area contributed by atoms with Crippen LogP contribution in [-0.2, 0) is 20.9 Å². The summed E-state index contributed by atoms with van der Waals surface area (Å²) in [6.07, 6.45) is 0.151. The van der Waals surface area contributed by atoms with E-state index in [4.69, 9.17) is 4.74 Å². The van der Waals surface area contributed by atoms with Crippen LogP contribution in [0, 0.1) is 13.8 Å². The zero-order valence-electron chi connectivity index (χ0n) is 15.5. The molecule has 0 N–H and O–H groups in total. The van der Waals surface area contributed by atoms with E-state index in [1.54, 1.807) is 4.90 Å². The average molecular weight is 355 g/mol. The summed E-state index contributed by atoms with van der Waals surface area (Å²) >= 11 is 0. The molecule has 2 aromatic carbocycles. The molecule has 0 bridgehead atoms. The van der Waals surface area contributed by atoms with Crippen LogP contribution in [0.15, 0.2) is 48.5 Å². The second-order valence-corrected chi connectivity index (χ2v) is 6.14. The third-order valence-electron chi connectivity index (χ3n) is 4.13. The van der Waals surface area contributed by atoms with Gasteiger partial charge in [0.15, 0.2) is 6.61 Å². The summed E-state index contributed by atoms with van der Waals surface area (Å²) in [6, 6.07) is 15.5. The summed E-state index contributed by atoms with van der Waals surface area (Å²) in [5.41, 5.74) is 2.97. The van der Waals surface area contributed by atoms with Crippen LogP contribution in [0.25, 0.3) is 0 Å². The molecule has 26 heavy (non-hydrogen) atoms. The van der Waals surface area contributed by atoms with Gasteiger partial charge in [-0.25, -0.2) is 0 Å². The maximum atomic E-state index is 12.7.